The normalized spacial score (nSPS) is 10.9. The first kappa shape index (κ1) is 17.6. The Labute approximate surface area is 165 Å². The Balaban J connectivity index is 1.40. The fourth-order valence-corrected chi connectivity index (χ4v) is 3.27. The second-order valence-electron chi connectivity index (χ2n) is 5.95. The Morgan fingerprint density at radius 2 is 1.96 bits per heavy atom. The van der Waals surface area contributed by atoms with E-state index in [2.05, 4.69) is 42.9 Å². The van der Waals surface area contributed by atoms with E-state index < -0.39 is 0 Å². The number of hydrogen-bond donors (Lipinski definition) is 3. The summed E-state index contributed by atoms with van der Waals surface area (Å²) in [5.74, 6) is 0.994. The minimum atomic E-state index is 0.449. The SMILES string of the molecule is Clc1ccc(Nc2cnnc(NCCc3c[nH]c4ccccc34)n2)c(Cl)c1. The molecule has 3 N–H and O–H groups in total. The van der Waals surface area contributed by atoms with E-state index in [-0.39, 0.29) is 0 Å². The minimum absolute atomic E-state index is 0.449. The lowest BCUT2D eigenvalue weighted by atomic mass is 10.1. The third kappa shape index (κ3) is 4.13. The van der Waals surface area contributed by atoms with Gasteiger partial charge in [0.25, 0.3) is 0 Å². The molecule has 6 nitrogen and oxygen atoms in total. The van der Waals surface area contributed by atoms with Crippen LogP contribution in [0.25, 0.3) is 10.9 Å². The molecule has 0 saturated heterocycles. The van der Waals surface area contributed by atoms with Crippen LogP contribution in [0.2, 0.25) is 10.0 Å². The first-order chi connectivity index (χ1) is 13.2. The Kier molecular flexibility index (Phi) is 5.09. The van der Waals surface area contributed by atoms with Crippen LogP contribution < -0.4 is 10.6 Å². The largest absolute Gasteiger partial charge is 0.361 e. The van der Waals surface area contributed by atoms with Crippen molar-refractivity contribution in [2.75, 3.05) is 17.2 Å². The molecule has 2 aromatic heterocycles. The molecule has 0 unspecified atom stereocenters. The quantitative estimate of drug-likeness (QED) is 0.423. The van der Waals surface area contributed by atoms with Crippen molar-refractivity contribution in [3.63, 3.8) is 0 Å². The van der Waals surface area contributed by atoms with Crippen molar-refractivity contribution in [1.29, 1.82) is 0 Å². The number of aromatic nitrogens is 4. The van der Waals surface area contributed by atoms with Gasteiger partial charge in [-0.25, -0.2) is 0 Å². The molecule has 0 amide bonds. The molecule has 27 heavy (non-hydrogen) atoms. The van der Waals surface area contributed by atoms with Gasteiger partial charge in [-0.15, -0.1) is 5.10 Å². The maximum atomic E-state index is 6.18. The van der Waals surface area contributed by atoms with Crippen LogP contribution in [-0.2, 0) is 6.42 Å². The van der Waals surface area contributed by atoms with Crippen molar-refractivity contribution in [2.45, 2.75) is 6.42 Å². The first-order valence-corrected chi connectivity index (χ1v) is 9.15. The molecule has 4 rings (SSSR count). The molecule has 0 fully saturated rings. The van der Waals surface area contributed by atoms with Crippen molar-refractivity contribution in [3.05, 3.63) is 70.5 Å². The summed E-state index contributed by atoms with van der Waals surface area (Å²) in [5, 5.41) is 16.6. The number of rotatable bonds is 6. The molecule has 0 atom stereocenters. The standard InChI is InChI=1S/C19H16Cl2N6/c20-13-5-6-17(15(21)9-13)25-18-11-24-27-19(26-18)22-8-7-12-10-23-16-4-2-1-3-14(12)16/h1-6,9-11,23H,7-8H2,(H2,22,25,26,27). The highest BCUT2D eigenvalue weighted by Gasteiger charge is 2.06. The Morgan fingerprint density at radius 1 is 1.07 bits per heavy atom. The number of hydrogen-bond acceptors (Lipinski definition) is 5. The van der Waals surface area contributed by atoms with Crippen LogP contribution in [0.15, 0.2) is 54.9 Å². The number of benzene rings is 2. The number of nitrogens with zero attached hydrogens (tertiary/aromatic N) is 3. The predicted molar refractivity (Wildman–Crippen MR) is 110 cm³/mol. The van der Waals surface area contributed by atoms with E-state index in [1.165, 1.54) is 17.1 Å². The smallest absolute Gasteiger partial charge is 0.244 e. The summed E-state index contributed by atoms with van der Waals surface area (Å²) in [4.78, 5) is 7.70. The summed E-state index contributed by atoms with van der Waals surface area (Å²) in [5.41, 5.74) is 3.08. The maximum absolute atomic E-state index is 6.18. The van der Waals surface area contributed by atoms with Crippen molar-refractivity contribution in [3.8, 4) is 0 Å². The molecule has 2 heterocycles. The number of anilines is 3. The van der Waals surface area contributed by atoms with Crippen molar-refractivity contribution in [2.24, 2.45) is 0 Å². The van der Waals surface area contributed by atoms with Gasteiger partial charge in [0.2, 0.25) is 5.95 Å². The van der Waals surface area contributed by atoms with E-state index in [1.54, 1.807) is 18.2 Å². The molecule has 0 aliphatic carbocycles. The molecule has 0 saturated carbocycles. The van der Waals surface area contributed by atoms with Crippen LogP contribution in [0.3, 0.4) is 0 Å². The Hall–Kier alpha value is -2.83. The van der Waals surface area contributed by atoms with Gasteiger partial charge in [-0.2, -0.15) is 10.1 Å². The van der Waals surface area contributed by atoms with Crippen LogP contribution in [0.5, 0.6) is 0 Å². The molecule has 136 valence electrons. The number of H-pyrrole nitrogens is 1. The molecule has 0 aliphatic heterocycles. The first-order valence-electron chi connectivity index (χ1n) is 8.40. The minimum Gasteiger partial charge on any atom is -0.361 e. The van der Waals surface area contributed by atoms with Crippen LogP contribution >= 0.6 is 23.2 Å². The zero-order valence-electron chi connectivity index (χ0n) is 14.2. The maximum Gasteiger partial charge on any atom is 0.244 e. The highest BCUT2D eigenvalue weighted by atomic mass is 35.5. The summed E-state index contributed by atoms with van der Waals surface area (Å²) in [6.45, 7) is 0.689. The van der Waals surface area contributed by atoms with Gasteiger partial charge < -0.3 is 15.6 Å². The molecule has 0 spiro atoms. The number of para-hydroxylation sites is 1. The summed E-state index contributed by atoms with van der Waals surface area (Å²) in [6.07, 6.45) is 4.41. The third-order valence-electron chi connectivity index (χ3n) is 4.11. The summed E-state index contributed by atoms with van der Waals surface area (Å²) < 4.78 is 0. The molecule has 4 aromatic rings. The lowest BCUT2D eigenvalue weighted by Gasteiger charge is -2.09. The summed E-state index contributed by atoms with van der Waals surface area (Å²) in [7, 11) is 0. The van der Waals surface area contributed by atoms with E-state index >= 15 is 0 Å². The fourth-order valence-electron chi connectivity index (χ4n) is 2.81. The van der Waals surface area contributed by atoms with Crippen molar-refractivity contribution >= 4 is 51.6 Å². The van der Waals surface area contributed by atoms with Gasteiger partial charge in [0.15, 0.2) is 5.82 Å². The lowest BCUT2D eigenvalue weighted by Crippen LogP contribution is -2.09. The lowest BCUT2D eigenvalue weighted by molar-refractivity contribution is 0.931. The van der Waals surface area contributed by atoms with Gasteiger partial charge in [-0.3, -0.25) is 0 Å². The number of halogens is 2. The van der Waals surface area contributed by atoms with Crippen LogP contribution in [0, 0.1) is 0 Å². The molecular weight excluding hydrogens is 383 g/mol. The van der Waals surface area contributed by atoms with Gasteiger partial charge in [0.05, 0.1) is 16.9 Å². The van der Waals surface area contributed by atoms with Crippen LogP contribution in [0.1, 0.15) is 5.56 Å². The summed E-state index contributed by atoms with van der Waals surface area (Å²) >= 11 is 12.1. The van der Waals surface area contributed by atoms with Gasteiger partial charge in [-0.1, -0.05) is 41.4 Å². The Morgan fingerprint density at radius 3 is 2.85 bits per heavy atom. The third-order valence-corrected chi connectivity index (χ3v) is 4.65. The molecule has 0 bridgehead atoms. The van der Waals surface area contributed by atoms with Crippen molar-refractivity contribution in [1.82, 2.24) is 20.2 Å². The summed E-state index contributed by atoms with van der Waals surface area (Å²) in [6, 6.07) is 13.4. The van der Waals surface area contributed by atoms with E-state index in [0.717, 1.165) is 11.9 Å². The monoisotopic (exact) mass is 398 g/mol. The molecule has 0 radical (unpaired) electrons. The average Bonchev–Trinajstić information content (AvgIpc) is 3.08. The topological polar surface area (TPSA) is 78.5 Å². The van der Waals surface area contributed by atoms with E-state index in [0.29, 0.717) is 34.0 Å². The number of nitrogens with one attached hydrogen (secondary N) is 3. The van der Waals surface area contributed by atoms with Gasteiger partial charge in [0.1, 0.15) is 0 Å². The molecule has 0 aliphatic rings. The van der Waals surface area contributed by atoms with Crippen LogP contribution in [0.4, 0.5) is 17.5 Å². The Bertz CT molecular complexity index is 1080. The zero-order valence-corrected chi connectivity index (χ0v) is 15.7. The van der Waals surface area contributed by atoms with Gasteiger partial charge in [0, 0.05) is 28.7 Å². The zero-order chi connectivity index (χ0) is 18.6. The second-order valence-corrected chi connectivity index (χ2v) is 6.79. The van der Waals surface area contributed by atoms with E-state index in [9.17, 15) is 0 Å². The van der Waals surface area contributed by atoms with E-state index in [1.807, 2.05) is 18.3 Å². The highest BCUT2D eigenvalue weighted by molar-refractivity contribution is 6.36. The predicted octanol–water partition coefficient (Wildman–Crippen LogP) is 5.06. The molecule has 2 aromatic carbocycles. The molecular formula is C19H16Cl2N6. The molecule has 8 heteroatoms. The number of aromatic amines is 1. The second kappa shape index (κ2) is 7.82. The average molecular weight is 399 g/mol. The number of fused-ring (bicyclic) bond motifs is 1. The van der Waals surface area contributed by atoms with Crippen molar-refractivity contribution < 1.29 is 0 Å². The highest BCUT2D eigenvalue weighted by Crippen LogP contribution is 2.27. The van der Waals surface area contributed by atoms with Gasteiger partial charge in [-0.05, 0) is 36.2 Å². The van der Waals surface area contributed by atoms with Crippen LogP contribution in [-0.4, -0.2) is 26.7 Å². The fraction of sp³-hybridized carbons (Fsp3) is 0.105. The van der Waals surface area contributed by atoms with E-state index in [4.69, 9.17) is 23.2 Å². The van der Waals surface area contributed by atoms with Gasteiger partial charge >= 0.3 is 0 Å².